The van der Waals surface area contributed by atoms with Crippen LogP contribution in [0.5, 0.6) is 0 Å². The highest BCUT2D eigenvalue weighted by Gasteiger charge is 2.13. The normalized spacial score (nSPS) is 9.75. The molecule has 4 N–H and O–H groups in total. The SMILES string of the molecule is Cc1c([N+](=O)[O-])ccc(N)c1N. The van der Waals surface area contributed by atoms with E-state index in [4.69, 9.17) is 11.5 Å². The van der Waals surface area contributed by atoms with Crippen molar-refractivity contribution in [2.24, 2.45) is 0 Å². The Morgan fingerprint density at radius 2 is 2.00 bits per heavy atom. The van der Waals surface area contributed by atoms with Gasteiger partial charge in [-0.05, 0) is 13.0 Å². The van der Waals surface area contributed by atoms with Crippen molar-refractivity contribution in [3.05, 3.63) is 27.8 Å². The summed E-state index contributed by atoms with van der Waals surface area (Å²) in [6.45, 7) is 1.57. The van der Waals surface area contributed by atoms with E-state index in [0.717, 1.165) is 0 Å². The van der Waals surface area contributed by atoms with E-state index in [2.05, 4.69) is 0 Å². The third-order valence-corrected chi connectivity index (χ3v) is 1.72. The quantitative estimate of drug-likeness (QED) is 0.371. The van der Waals surface area contributed by atoms with Crippen LogP contribution in [0, 0.1) is 17.0 Å². The maximum absolute atomic E-state index is 10.4. The molecule has 5 heteroatoms. The second-order valence-electron chi connectivity index (χ2n) is 2.47. The van der Waals surface area contributed by atoms with Crippen molar-refractivity contribution in [2.75, 3.05) is 11.5 Å². The molecule has 5 nitrogen and oxygen atoms in total. The molecule has 64 valence electrons. The number of nitrogens with two attached hydrogens (primary N) is 2. The van der Waals surface area contributed by atoms with Crippen LogP contribution in [0.4, 0.5) is 17.1 Å². The van der Waals surface area contributed by atoms with Crippen LogP contribution >= 0.6 is 0 Å². The van der Waals surface area contributed by atoms with Gasteiger partial charge in [-0.15, -0.1) is 0 Å². The van der Waals surface area contributed by atoms with E-state index in [9.17, 15) is 10.1 Å². The smallest absolute Gasteiger partial charge is 0.274 e. The Balaban J connectivity index is 3.36. The average molecular weight is 167 g/mol. The molecule has 1 rings (SSSR count). The Bertz CT molecular complexity index is 336. The molecule has 0 unspecified atom stereocenters. The first-order valence-corrected chi connectivity index (χ1v) is 3.33. The third-order valence-electron chi connectivity index (χ3n) is 1.72. The lowest BCUT2D eigenvalue weighted by atomic mass is 10.1. The molecular weight excluding hydrogens is 158 g/mol. The summed E-state index contributed by atoms with van der Waals surface area (Å²) in [5.74, 6) is 0. The number of nitro groups is 1. The van der Waals surface area contributed by atoms with Gasteiger partial charge in [-0.3, -0.25) is 10.1 Å². The zero-order chi connectivity index (χ0) is 9.30. The molecule has 0 saturated heterocycles. The summed E-state index contributed by atoms with van der Waals surface area (Å²) in [5, 5.41) is 10.4. The van der Waals surface area contributed by atoms with Crippen molar-refractivity contribution in [2.45, 2.75) is 6.92 Å². The molecule has 0 atom stereocenters. The summed E-state index contributed by atoms with van der Waals surface area (Å²) < 4.78 is 0. The lowest BCUT2D eigenvalue weighted by Gasteiger charge is -2.03. The van der Waals surface area contributed by atoms with Gasteiger partial charge in [0.1, 0.15) is 0 Å². The fraction of sp³-hybridized carbons (Fsp3) is 0.143. The minimum absolute atomic E-state index is 0.00157. The topological polar surface area (TPSA) is 95.2 Å². The second kappa shape index (κ2) is 2.69. The molecule has 0 bridgehead atoms. The fourth-order valence-electron chi connectivity index (χ4n) is 0.936. The van der Waals surface area contributed by atoms with Crippen molar-refractivity contribution < 1.29 is 4.92 Å². The minimum atomic E-state index is -0.481. The predicted molar refractivity (Wildman–Crippen MR) is 46.7 cm³/mol. The number of nitrogens with zero attached hydrogens (tertiary/aromatic N) is 1. The summed E-state index contributed by atoms with van der Waals surface area (Å²) in [7, 11) is 0. The molecular formula is C7H9N3O2. The van der Waals surface area contributed by atoms with E-state index >= 15 is 0 Å². The standard InChI is InChI=1S/C7H9N3O2/c1-4-6(10(11)12)3-2-5(8)7(4)9/h2-3H,8-9H2,1H3. The monoisotopic (exact) mass is 167 g/mol. The third kappa shape index (κ3) is 1.16. The zero-order valence-electron chi connectivity index (χ0n) is 6.57. The van der Waals surface area contributed by atoms with Crippen LogP contribution in [0.3, 0.4) is 0 Å². The van der Waals surface area contributed by atoms with Gasteiger partial charge in [0.05, 0.1) is 21.9 Å². The molecule has 0 aliphatic heterocycles. The highest BCUT2D eigenvalue weighted by atomic mass is 16.6. The highest BCUT2D eigenvalue weighted by Crippen LogP contribution is 2.27. The summed E-state index contributed by atoms with van der Waals surface area (Å²) in [6.07, 6.45) is 0. The predicted octanol–water partition coefficient (Wildman–Crippen LogP) is 1.07. The van der Waals surface area contributed by atoms with Crippen LogP contribution in [0.15, 0.2) is 12.1 Å². The molecule has 0 fully saturated rings. The zero-order valence-corrected chi connectivity index (χ0v) is 6.57. The van der Waals surface area contributed by atoms with Crippen molar-refractivity contribution >= 4 is 17.1 Å². The van der Waals surface area contributed by atoms with Crippen LogP contribution in [-0.2, 0) is 0 Å². The first kappa shape index (κ1) is 8.32. The summed E-state index contributed by atoms with van der Waals surface area (Å²) in [6, 6.07) is 2.78. The van der Waals surface area contributed by atoms with E-state index < -0.39 is 4.92 Å². The van der Waals surface area contributed by atoms with Gasteiger partial charge in [0.2, 0.25) is 0 Å². The lowest BCUT2D eigenvalue weighted by molar-refractivity contribution is -0.385. The number of hydrogen-bond acceptors (Lipinski definition) is 4. The fourth-order valence-corrected chi connectivity index (χ4v) is 0.936. The number of rotatable bonds is 1. The molecule has 0 aromatic heterocycles. The van der Waals surface area contributed by atoms with Gasteiger partial charge in [0, 0.05) is 6.07 Å². The Morgan fingerprint density at radius 3 is 2.50 bits per heavy atom. The van der Waals surface area contributed by atoms with Gasteiger partial charge in [0.25, 0.3) is 5.69 Å². The molecule has 0 amide bonds. The van der Waals surface area contributed by atoms with Crippen molar-refractivity contribution in [3.8, 4) is 0 Å². The molecule has 1 aromatic carbocycles. The van der Waals surface area contributed by atoms with Gasteiger partial charge in [-0.25, -0.2) is 0 Å². The molecule has 0 aliphatic rings. The Labute approximate surface area is 69.1 Å². The number of anilines is 2. The lowest BCUT2D eigenvalue weighted by Crippen LogP contribution is -2.00. The van der Waals surface area contributed by atoms with Gasteiger partial charge in [0.15, 0.2) is 0 Å². The molecule has 0 radical (unpaired) electrons. The second-order valence-corrected chi connectivity index (χ2v) is 2.47. The maximum Gasteiger partial charge on any atom is 0.274 e. The maximum atomic E-state index is 10.4. The van der Waals surface area contributed by atoms with E-state index in [1.807, 2.05) is 0 Å². The van der Waals surface area contributed by atoms with Crippen LogP contribution in [0.1, 0.15) is 5.56 Å². The molecule has 0 aliphatic carbocycles. The molecule has 0 saturated carbocycles. The first-order chi connectivity index (χ1) is 5.54. The van der Waals surface area contributed by atoms with Crippen LogP contribution in [-0.4, -0.2) is 4.92 Å². The number of nitro benzene ring substituents is 1. The summed E-state index contributed by atoms with van der Waals surface area (Å²) in [4.78, 5) is 9.91. The summed E-state index contributed by atoms with van der Waals surface area (Å²) >= 11 is 0. The van der Waals surface area contributed by atoms with Crippen LogP contribution in [0.25, 0.3) is 0 Å². The van der Waals surface area contributed by atoms with Gasteiger partial charge < -0.3 is 11.5 Å². The molecule has 1 aromatic rings. The average Bonchev–Trinajstić information content (AvgIpc) is 2.00. The van der Waals surface area contributed by atoms with Crippen LogP contribution in [0.2, 0.25) is 0 Å². The Kier molecular flexibility index (Phi) is 1.86. The van der Waals surface area contributed by atoms with Crippen molar-refractivity contribution in [1.29, 1.82) is 0 Å². The van der Waals surface area contributed by atoms with Gasteiger partial charge in [-0.1, -0.05) is 0 Å². The number of hydrogen-bond donors (Lipinski definition) is 2. The molecule has 0 spiro atoms. The van der Waals surface area contributed by atoms with E-state index in [-0.39, 0.29) is 11.4 Å². The van der Waals surface area contributed by atoms with E-state index in [1.165, 1.54) is 12.1 Å². The van der Waals surface area contributed by atoms with Gasteiger partial charge >= 0.3 is 0 Å². The Hall–Kier alpha value is -1.78. The Morgan fingerprint density at radius 1 is 1.42 bits per heavy atom. The largest absolute Gasteiger partial charge is 0.397 e. The molecule has 0 heterocycles. The van der Waals surface area contributed by atoms with Crippen molar-refractivity contribution in [1.82, 2.24) is 0 Å². The summed E-state index contributed by atoms with van der Waals surface area (Å²) in [5.41, 5.74) is 12.0. The van der Waals surface area contributed by atoms with Gasteiger partial charge in [-0.2, -0.15) is 0 Å². The first-order valence-electron chi connectivity index (χ1n) is 3.33. The van der Waals surface area contributed by atoms with Crippen LogP contribution < -0.4 is 11.5 Å². The minimum Gasteiger partial charge on any atom is -0.397 e. The van der Waals surface area contributed by atoms with Crippen molar-refractivity contribution in [3.63, 3.8) is 0 Å². The number of nitrogen functional groups attached to an aromatic ring is 2. The van der Waals surface area contributed by atoms with E-state index in [1.54, 1.807) is 6.92 Å². The highest BCUT2D eigenvalue weighted by molar-refractivity contribution is 5.72. The number of benzene rings is 1. The molecule has 12 heavy (non-hydrogen) atoms. The van der Waals surface area contributed by atoms with E-state index in [0.29, 0.717) is 11.3 Å².